The van der Waals surface area contributed by atoms with Crippen molar-refractivity contribution >= 4 is 23.8 Å². The van der Waals surface area contributed by atoms with E-state index in [9.17, 15) is 31.4 Å². The van der Waals surface area contributed by atoms with Gasteiger partial charge in [0.2, 0.25) is 5.60 Å². The van der Waals surface area contributed by atoms with E-state index in [1.54, 1.807) is 11.9 Å². The number of methoxy groups -OCH3 is 1. The van der Waals surface area contributed by atoms with Crippen LogP contribution in [0.5, 0.6) is 5.75 Å². The lowest BCUT2D eigenvalue weighted by Crippen LogP contribution is -2.43. The summed E-state index contributed by atoms with van der Waals surface area (Å²) < 4.78 is 85.3. The molecule has 4 nitrogen and oxygen atoms in total. The Morgan fingerprint density at radius 3 is 2.16 bits per heavy atom. The molecule has 0 bridgehead atoms. The number of rotatable bonds is 7. The van der Waals surface area contributed by atoms with Gasteiger partial charge in [0.1, 0.15) is 5.75 Å². The second-order valence-electron chi connectivity index (χ2n) is 6.94. The van der Waals surface area contributed by atoms with E-state index >= 15 is 0 Å². The van der Waals surface area contributed by atoms with Gasteiger partial charge in [0, 0.05) is 30.1 Å². The van der Waals surface area contributed by atoms with E-state index in [4.69, 9.17) is 4.74 Å². The van der Waals surface area contributed by atoms with Gasteiger partial charge in [-0.25, -0.2) is 4.99 Å². The number of nitrogens with zero attached hydrogens (tertiary/aromatic N) is 2. The quantitative estimate of drug-likeness (QED) is 0.228. The van der Waals surface area contributed by atoms with Crippen LogP contribution in [0.25, 0.3) is 0 Å². The number of hydrogen-bond donors (Lipinski definition) is 1. The number of halogens is 6. The standard InChI is InChI=1S/C21H22F6N2O2S/c1-5-29(3)12-28-17-11-18(31-4)16(10-13(17)2)19(30,20(22,23)24)14-6-8-15(9-7-14)32-21(25,26)27/h6-12,30H,5H2,1-4H3. The average Bonchev–Trinajstić information content (AvgIpc) is 2.70. The Morgan fingerprint density at radius 1 is 1.09 bits per heavy atom. The van der Waals surface area contributed by atoms with Crippen LogP contribution in [0.2, 0.25) is 0 Å². The highest BCUT2D eigenvalue weighted by atomic mass is 32.2. The highest BCUT2D eigenvalue weighted by molar-refractivity contribution is 8.00. The van der Waals surface area contributed by atoms with Crippen LogP contribution in [-0.4, -0.2) is 48.7 Å². The minimum Gasteiger partial charge on any atom is -0.496 e. The largest absolute Gasteiger partial charge is 0.496 e. The molecule has 1 atom stereocenters. The molecule has 2 aromatic carbocycles. The van der Waals surface area contributed by atoms with Crippen LogP contribution in [0.4, 0.5) is 32.0 Å². The number of benzene rings is 2. The molecule has 0 amide bonds. The molecule has 2 rings (SSSR count). The van der Waals surface area contributed by atoms with Gasteiger partial charge in [0.25, 0.3) is 0 Å². The predicted octanol–water partition coefficient (Wildman–Crippen LogP) is 6.03. The van der Waals surface area contributed by atoms with Gasteiger partial charge in [-0.05, 0) is 54.9 Å². The highest BCUT2D eigenvalue weighted by Gasteiger charge is 2.57. The van der Waals surface area contributed by atoms with Crippen molar-refractivity contribution in [3.63, 3.8) is 0 Å². The molecule has 1 N–H and O–H groups in total. The zero-order valence-electron chi connectivity index (χ0n) is 17.7. The summed E-state index contributed by atoms with van der Waals surface area (Å²) in [5, 5.41) is 10.9. The maximum atomic E-state index is 14.2. The molecule has 0 aromatic heterocycles. The zero-order chi connectivity index (χ0) is 24.3. The second kappa shape index (κ2) is 9.62. The van der Waals surface area contributed by atoms with Crippen molar-refractivity contribution in [2.75, 3.05) is 20.7 Å². The number of alkyl halides is 6. The fourth-order valence-corrected chi connectivity index (χ4v) is 3.42. The number of aliphatic hydroxyl groups is 1. The zero-order valence-corrected chi connectivity index (χ0v) is 18.5. The third kappa shape index (κ3) is 5.69. The van der Waals surface area contributed by atoms with Crippen molar-refractivity contribution in [3.8, 4) is 5.75 Å². The van der Waals surface area contributed by atoms with Crippen molar-refractivity contribution in [3.05, 3.63) is 53.1 Å². The molecule has 0 saturated heterocycles. The first kappa shape index (κ1) is 25.9. The SMILES string of the molecule is CCN(C)C=Nc1cc(OC)c(C(O)(c2ccc(SC(F)(F)F)cc2)C(F)(F)F)cc1C. The number of hydrogen-bond acceptors (Lipinski definition) is 4. The van der Waals surface area contributed by atoms with E-state index in [2.05, 4.69) is 4.99 Å². The van der Waals surface area contributed by atoms with Gasteiger partial charge in [0.15, 0.2) is 0 Å². The number of aryl methyl sites for hydroxylation is 1. The van der Waals surface area contributed by atoms with Crippen molar-refractivity contribution in [1.29, 1.82) is 0 Å². The lowest BCUT2D eigenvalue weighted by Gasteiger charge is -2.33. The number of ether oxygens (including phenoxy) is 1. The minimum absolute atomic E-state index is 0.268. The molecule has 0 spiro atoms. The van der Waals surface area contributed by atoms with Crippen LogP contribution in [0.15, 0.2) is 46.3 Å². The highest BCUT2D eigenvalue weighted by Crippen LogP contribution is 2.49. The van der Waals surface area contributed by atoms with Gasteiger partial charge in [-0.15, -0.1) is 0 Å². The normalized spacial score (nSPS) is 14.5. The van der Waals surface area contributed by atoms with Crippen LogP contribution in [0.3, 0.4) is 0 Å². The van der Waals surface area contributed by atoms with E-state index < -0.39 is 40.2 Å². The summed E-state index contributed by atoms with van der Waals surface area (Å²) in [5.41, 5.74) is -8.67. The lowest BCUT2D eigenvalue weighted by molar-refractivity contribution is -0.248. The molecule has 0 aliphatic heterocycles. The maximum Gasteiger partial charge on any atom is 0.446 e. The molecule has 2 aromatic rings. The second-order valence-corrected chi connectivity index (χ2v) is 8.08. The molecule has 32 heavy (non-hydrogen) atoms. The first-order chi connectivity index (χ1) is 14.7. The Hall–Kier alpha value is -2.40. The summed E-state index contributed by atoms with van der Waals surface area (Å²) in [6, 6.07) is 5.78. The average molecular weight is 480 g/mol. The minimum atomic E-state index is -5.20. The maximum absolute atomic E-state index is 14.2. The Labute approximate surface area is 185 Å². The summed E-state index contributed by atoms with van der Waals surface area (Å²) in [6.07, 6.45) is -3.69. The summed E-state index contributed by atoms with van der Waals surface area (Å²) in [7, 11) is 2.92. The summed E-state index contributed by atoms with van der Waals surface area (Å²) >= 11 is -0.462. The van der Waals surface area contributed by atoms with Gasteiger partial charge in [-0.2, -0.15) is 26.3 Å². The van der Waals surface area contributed by atoms with E-state index in [1.165, 1.54) is 19.3 Å². The molecule has 0 fully saturated rings. The molecule has 11 heteroatoms. The molecule has 0 aliphatic rings. The predicted molar refractivity (Wildman–Crippen MR) is 112 cm³/mol. The van der Waals surface area contributed by atoms with Crippen molar-refractivity contribution in [1.82, 2.24) is 4.90 Å². The van der Waals surface area contributed by atoms with Gasteiger partial charge >= 0.3 is 11.7 Å². The summed E-state index contributed by atoms with van der Waals surface area (Å²) in [4.78, 5) is 5.69. The van der Waals surface area contributed by atoms with E-state index in [1.807, 2.05) is 6.92 Å². The smallest absolute Gasteiger partial charge is 0.446 e. The molecule has 0 heterocycles. The molecular formula is C21H22F6N2O2S. The summed E-state index contributed by atoms with van der Waals surface area (Å²) in [5.74, 6) is -0.268. The van der Waals surface area contributed by atoms with Crippen molar-refractivity contribution in [2.45, 2.75) is 36.0 Å². The van der Waals surface area contributed by atoms with Crippen LogP contribution in [0.1, 0.15) is 23.6 Å². The van der Waals surface area contributed by atoms with Gasteiger partial charge < -0.3 is 14.7 Å². The van der Waals surface area contributed by atoms with Gasteiger partial charge in [0.05, 0.1) is 19.1 Å². The van der Waals surface area contributed by atoms with E-state index in [-0.39, 0.29) is 10.6 Å². The molecule has 1 unspecified atom stereocenters. The molecular weight excluding hydrogens is 458 g/mol. The summed E-state index contributed by atoms with van der Waals surface area (Å²) in [6.45, 7) is 4.08. The Bertz CT molecular complexity index is 960. The van der Waals surface area contributed by atoms with Gasteiger partial charge in [-0.1, -0.05) is 12.1 Å². The monoisotopic (exact) mass is 480 g/mol. The molecule has 0 radical (unpaired) electrons. The van der Waals surface area contributed by atoms with E-state index in [0.29, 0.717) is 17.8 Å². The number of thioether (sulfide) groups is 1. The first-order valence-corrected chi connectivity index (χ1v) is 10.1. The Kier molecular flexibility index (Phi) is 7.77. The topological polar surface area (TPSA) is 45.1 Å². The fraction of sp³-hybridized carbons (Fsp3) is 0.381. The van der Waals surface area contributed by atoms with Crippen LogP contribution >= 0.6 is 11.8 Å². The van der Waals surface area contributed by atoms with E-state index in [0.717, 1.165) is 37.4 Å². The molecule has 176 valence electrons. The van der Waals surface area contributed by atoms with Crippen molar-refractivity contribution in [2.24, 2.45) is 4.99 Å². The number of aliphatic imine (C=N–C) groups is 1. The third-order valence-corrected chi connectivity index (χ3v) is 5.46. The lowest BCUT2D eigenvalue weighted by atomic mass is 9.84. The Morgan fingerprint density at radius 2 is 1.69 bits per heavy atom. The molecule has 0 aliphatic carbocycles. The van der Waals surface area contributed by atoms with Crippen molar-refractivity contribution < 1.29 is 36.2 Å². The van der Waals surface area contributed by atoms with Crippen LogP contribution in [-0.2, 0) is 5.60 Å². The molecule has 0 saturated carbocycles. The Balaban J connectivity index is 2.62. The van der Waals surface area contributed by atoms with Crippen LogP contribution in [0, 0.1) is 6.92 Å². The first-order valence-electron chi connectivity index (χ1n) is 9.31. The fourth-order valence-electron chi connectivity index (χ4n) is 2.88. The third-order valence-electron chi connectivity index (χ3n) is 4.72. The van der Waals surface area contributed by atoms with Crippen LogP contribution < -0.4 is 4.74 Å². The van der Waals surface area contributed by atoms with Gasteiger partial charge in [-0.3, -0.25) is 0 Å².